The first-order chi connectivity index (χ1) is 23.2. The largest absolute Gasteiger partial charge is 0.469 e. The third-order valence-corrected chi connectivity index (χ3v) is 12.1. The molecule has 0 amide bonds. The van der Waals surface area contributed by atoms with E-state index in [2.05, 4.69) is 80.6 Å². The molecule has 4 nitrogen and oxygen atoms in total. The number of rotatable bonds is 14. The SMILES string of the molecule is COC(=O)CC1(CS[C@H](CCc2ccccc2C(C)(C)CC2CCCCO2)c2cccc(/C=C/c3ccc4ccc(Cl)cc4n3)c2)CC1. The van der Waals surface area contributed by atoms with Crippen LogP contribution in [0.2, 0.25) is 5.02 Å². The maximum atomic E-state index is 12.2. The Morgan fingerprint density at radius 2 is 1.90 bits per heavy atom. The molecular formula is C42H48ClNO3S. The van der Waals surface area contributed by atoms with Crippen LogP contribution in [0.15, 0.2) is 78.9 Å². The average molecular weight is 682 g/mol. The number of carbonyl (C=O) groups excluding carboxylic acids is 1. The Hall–Kier alpha value is -3.12. The molecule has 1 aliphatic carbocycles. The minimum atomic E-state index is -0.0977. The first-order valence-corrected chi connectivity index (χ1v) is 18.9. The number of thioether (sulfide) groups is 1. The summed E-state index contributed by atoms with van der Waals surface area (Å²) in [6.07, 6.45) is 13.9. The van der Waals surface area contributed by atoms with Crippen LogP contribution in [-0.2, 0) is 26.1 Å². The third kappa shape index (κ3) is 9.11. The Labute approximate surface area is 295 Å². The van der Waals surface area contributed by atoms with Gasteiger partial charge < -0.3 is 9.47 Å². The van der Waals surface area contributed by atoms with Crippen molar-refractivity contribution in [3.05, 3.63) is 112 Å². The molecule has 0 radical (unpaired) electrons. The second-order valence-electron chi connectivity index (χ2n) is 14.4. The van der Waals surface area contributed by atoms with Gasteiger partial charge in [0, 0.05) is 28.0 Å². The van der Waals surface area contributed by atoms with Crippen LogP contribution >= 0.6 is 23.4 Å². The fourth-order valence-corrected chi connectivity index (χ4v) is 8.86. The number of pyridine rings is 1. The highest BCUT2D eigenvalue weighted by molar-refractivity contribution is 7.99. The van der Waals surface area contributed by atoms with E-state index in [1.54, 1.807) is 0 Å². The van der Waals surface area contributed by atoms with E-state index in [4.69, 9.17) is 26.1 Å². The van der Waals surface area contributed by atoms with Crippen molar-refractivity contribution in [3.8, 4) is 0 Å². The number of carbonyl (C=O) groups is 1. The molecule has 1 saturated carbocycles. The summed E-state index contributed by atoms with van der Waals surface area (Å²) in [5, 5.41) is 2.06. The molecule has 0 spiro atoms. The van der Waals surface area contributed by atoms with Gasteiger partial charge in [-0.2, -0.15) is 11.8 Å². The van der Waals surface area contributed by atoms with Gasteiger partial charge in [0.05, 0.1) is 30.8 Å². The lowest BCUT2D eigenvalue weighted by Gasteiger charge is -2.34. The van der Waals surface area contributed by atoms with Crippen molar-refractivity contribution in [2.24, 2.45) is 5.41 Å². The number of fused-ring (bicyclic) bond motifs is 1. The molecule has 252 valence electrons. The highest BCUT2D eigenvalue weighted by Gasteiger charge is 2.45. The third-order valence-electron chi connectivity index (χ3n) is 10.1. The van der Waals surface area contributed by atoms with E-state index in [-0.39, 0.29) is 16.8 Å². The number of aryl methyl sites for hydroxylation is 1. The number of esters is 1. The second-order valence-corrected chi connectivity index (χ2v) is 16.0. The predicted molar refractivity (Wildman–Crippen MR) is 202 cm³/mol. The molecule has 1 aliphatic heterocycles. The van der Waals surface area contributed by atoms with Gasteiger partial charge in [0.25, 0.3) is 0 Å². The number of benzene rings is 3. The number of hydrogen-bond acceptors (Lipinski definition) is 5. The normalized spacial score (nSPS) is 18.2. The van der Waals surface area contributed by atoms with Crippen LogP contribution in [0.3, 0.4) is 0 Å². The Kier molecular flexibility index (Phi) is 11.3. The predicted octanol–water partition coefficient (Wildman–Crippen LogP) is 11.0. The van der Waals surface area contributed by atoms with Crippen LogP contribution in [0.4, 0.5) is 0 Å². The van der Waals surface area contributed by atoms with Crippen LogP contribution in [0.25, 0.3) is 23.1 Å². The van der Waals surface area contributed by atoms with E-state index in [1.807, 2.05) is 36.0 Å². The zero-order valence-electron chi connectivity index (χ0n) is 28.6. The quantitative estimate of drug-likeness (QED) is 0.124. The minimum Gasteiger partial charge on any atom is -0.469 e. The Balaban J connectivity index is 1.21. The summed E-state index contributed by atoms with van der Waals surface area (Å²) in [5.74, 6) is 0.863. The van der Waals surface area contributed by atoms with Crippen molar-refractivity contribution in [1.82, 2.24) is 4.98 Å². The van der Waals surface area contributed by atoms with Gasteiger partial charge in [-0.1, -0.05) is 92.2 Å². The molecule has 0 N–H and O–H groups in total. The molecule has 2 fully saturated rings. The number of ether oxygens (including phenoxy) is 2. The molecule has 1 saturated heterocycles. The van der Waals surface area contributed by atoms with E-state index in [0.717, 1.165) is 73.0 Å². The molecule has 1 aromatic heterocycles. The van der Waals surface area contributed by atoms with Gasteiger partial charge in [0.15, 0.2) is 0 Å². The van der Waals surface area contributed by atoms with Gasteiger partial charge in [0.2, 0.25) is 0 Å². The van der Waals surface area contributed by atoms with Crippen molar-refractivity contribution in [2.75, 3.05) is 19.5 Å². The van der Waals surface area contributed by atoms with Gasteiger partial charge in [-0.3, -0.25) is 4.79 Å². The maximum Gasteiger partial charge on any atom is 0.306 e. The molecule has 2 atom stereocenters. The van der Waals surface area contributed by atoms with E-state index in [0.29, 0.717) is 22.8 Å². The van der Waals surface area contributed by atoms with Gasteiger partial charge in [-0.15, -0.1) is 0 Å². The molecular weight excluding hydrogens is 634 g/mol. The van der Waals surface area contributed by atoms with Crippen LogP contribution < -0.4 is 0 Å². The summed E-state index contributed by atoms with van der Waals surface area (Å²) in [5.41, 5.74) is 7.23. The summed E-state index contributed by atoms with van der Waals surface area (Å²) in [7, 11) is 1.50. The highest BCUT2D eigenvalue weighted by Crippen LogP contribution is 2.53. The van der Waals surface area contributed by atoms with Gasteiger partial charge >= 0.3 is 5.97 Å². The zero-order valence-corrected chi connectivity index (χ0v) is 30.1. The number of hydrogen-bond donors (Lipinski definition) is 0. The Morgan fingerprint density at radius 3 is 2.69 bits per heavy atom. The second kappa shape index (κ2) is 15.6. The number of aromatic nitrogens is 1. The summed E-state index contributed by atoms with van der Waals surface area (Å²) in [4.78, 5) is 17.0. The molecule has 2 heterocycles. The molecule has 48 heavy (non-hydrogen) atoms. The summed E-state index contributed by atoms with van der Waals surface area (Å²) in [6.45, 7) is 5.66. The van der Waals surface area contributed by atoms with Crippen LogP contribution in [0.1, 0.15) is 98.4 Å². The van der Waals surface area contributed by atoms with Crippen molar-refractivity contribution in [3.63, 3.8) is 0 Å². The van der Waals surface area contributed by atoms with E-state index in [1.165, 1.54) is 36.6 Å². The Morgan fingerprint density at radius 1 is 1.06 bits per heavy atom. The number of nitrogens with zero attached hydrogens (tertiary/aromatic N) is 1. The molecule has 6 rings (SSSR count). The first kappa shape index (κ1) is 34.7. The molecule has 4 aromatic rings. The fraction of sp³-hybridized carbons (Fsp3) is 0.429. The molecule has 3 aromatic carbocycles. The molecule has 2 aliphatic rings. The van der Waals surface area contributed by atoms with Gasteiger partial charge in [-0.05, 0) is 109 Å². The molecule has 6 heteroatoms. The lowest BCUT2D eigenvalue weighted by atomic mass is 9.76. The van der Waals surface area contributed by atoms with Crippen molar-refractivity contribution < 1.29 is 14.3 Å². The monoisotopic (exact) mass is 681 g/mol. The smallest absolute Gasteiger partial charge is 0.306 e. The van der Waals surface area contributed by atoms with E-state index < -0.39 is 0 Å². The number of methoxy groups -OCH3 is 1. The van der Waals surface area contributed by atoms with Gasteiger partial charge in [-0.25, -0.2) is 4.98 Å². The fourth-order valence-electron chi connectivity index (χ4n) is 7.13. The van der Waals surface area contributed by atoms with E-state index >= 15 is 0 Å². The standard InChI is InChI=1S/C42H48ClNO3S/c1-41(2,27-36-12-6-7-24-47-36)37-13-5-4-10-31(37)17-21-39(48-29-42(22-23-42)28-40(45)46-3)33-11-8-9-30(25-33)14-19-35-20-16-32-15-18-34(43)26-38(32)44-35/h4-5,8-11,13-16,18-20,25-26,36,39H,6-7,12,17,21-24,27-29H2,1-3H3/b19-14+/t36?,39-/m1/s1. The lowest BCUT2D eigenvalue weighted by molar-refractivity contribution is -0.141. The van der Waals surface area contributed by atoms with Crippen LogP contribution in [0.5, 0.6) is 0 Å². The van der Waals surface area contributed by atoms with E-state index in [9.17, 15) is 4.79 Å². The average Bonchev–Trinajstić information content (AvgIpc) is 3.86. The maximum absolute atomic E-state index is 12.2. The van der Waals surface area contributed by atoms with Crippen molar-refractivity contribution >= 4 is 52.4 Å². The zero-order chi connectivity index (χ0) is 33.6. The molecule has 0 bridgehead atoms. The topological polar surface area (TPSA) is 48.4 Å². The van der Waals surface area contributed by atoms with Crippen molar-refractivity contribution in [1.29, 1.82) is 0 Å². The minimum absolute atomic E-state index is 0.0344. The lowest BCUT2D eigenvalue weighted by Crippen LogP contribution is -2.30. The summed E-state index contributed by atoms with van der Waals surface area (Å²) in [6, 6.07) is 27.9. The Bertz CT molecular complexity index is 1740. The highest BCUT2D eigenvalue weighted by atomic mass is 35.5. The molecule has 1 unspecified atom stereocenters. The summed E-state index contributed by atoms with van der Waals surface area (Å²) >= 11 is 8.23. The van der Waals surface area contributed by atoms with Crippen LogP contribution in [0, 0.1) is 5.41 Å². The van der Waals surface area contributed by atoms with Crippen molar-refractivity contribution in [2.45, 2.75) is 88.4 Å². The van der Waals surface area contributed by atoms with Crippen LogP contribution in [-0.4, -0.2) is 36.5 Å². The summed E-state index contributed by atoms with van der Waals surface area (Å²) < 4.78 is 11.2. The first-order valence-electron chi connectivity index (χ1n) is 17.4. The number of halogens is 1. The van der Waals surface area contributed by atoms with Gasteiger partial charge in [0.1, 0.15) is 0 Å².